The zero-order chi connectivity index (χ0) is 30.1. The summed E-state index contributed by atoms with van der Waals surface area (Å²) in [6.45, 7) is 0.633. The first-order valence-electron chi connectivity index (χ1n) is 13.5. The molecule has 2 atom stereocenters. The number of amides is 1. The first-order chi connectivity index (χ1) is 19.9. The third-order valence-electron chi connectivity index (χ3n) is 7.36. The van der Waals surface area contributed by atoms with E-state index in [1.807, 2.05) is 67.5 Å². The lowest BCUT2D eigenvalue weighted by Crippen LogP contribution is -2.44. The molecule has 0 radical (unpaired) electrons. The molecular weight excluding hydrogens is 572 g/mol. The summed E-state index contributed by atoms with van der Waals surface area (Å²) >= 11 is 0. The van der Waals surface area contributed by atoms with Gasteiger partial charge in [-0.25, -0.2) is 21.6 Å². The van der Waals surface area contributed by atoms with Gasteiger partial charge in [-0.1, -0.05) is 72.8 Å². The van der Waals surface area contributed by atoms with E-state index >= 15 is 0 Å². The number of carbonyl (C=O) groups excluding carboxylic acids is 1. The number of anilines is 1. The molecule has 0 saturated heterocycles. The molecule has 1 aliphatic rings. The average molecular weight is 607 g/mol. The molecule has 1 aliphatic heterocycles. The Bertz CT molecular complexity index is 1830. The molecule has 0 fully saturated rings. The maximum Gasteiger partial charge on any atom is 0.241 e. The van der Waals surface area contributed by atoms with Crippen molar-refractivity contribution in [3.8, 4) is 0 Å². The number of hydrogen-bond acceptors (Lipinski definition) is 6. The van der Waals surface area contributed by atoms with Gasteiger partial charge >= 0.3 is 0 Å². The summed E-state index contributed by atoms with van der Waals surface area (Å²) in [5.74, 6) is -0.771. The van der Waals surface area contributed by atoms with Crippen molar-refractivity contribution in [2.75, 3.05) is 31.2 Å². The topological polar surface area (TPSA) is 116 Å². The third-order valence-corrected chi connectivity index (χ3v) is 10.6. The van der Waals surface area contributed by atoms with Gasteiger partial charge in [0.25, 0.3) is 0 Å². The van der Waals surface area contributed by atoms with Crippen LogP contribution in [0.4, 0.5) is 5.69 Å². The predicted octanol–water partition coefficient (Wildman–Crippen LogP) is 3.95. The van der Waals surface area contributed by atoms with Crippen molar-refractivity contribution < 1.29 is 21.6 Å². The maximum atomic E-state index is 13.5. The predicted molar refractivity (Wildman–Crippen MR) is 165 cm³/mol. The molecule has 42 heavy (non-hydrogen) atoms. The minimum atomic E-state index is -4.00. The minimum absolute atomic E-state index is 0.0893. The first-order valence-corrected chi connectivity index (χ1v) is 16.6. The molecule has 2 unspecified atom stereocenters. The molecule has 4 aromatic carbocycles. The van der Waals surface area contributed by atoms with Gasteiger partial charge in [0.1, 0.15) is 0 Å². The summed E-state index contributed by atoms with van der Waals surface area (Å²) in [6.07, 6.45) is -0.225. The van der Waals surface area contributed by atoms with Crippen LogP contribution in [0.2, 0.25) is 0 Å². The Morgan fingerprint density at radius 2 is 1.64 bits per heavy atom. The van der Waals surface area contributed by atoms with Crippen LogP contribution in [0.1, 0.15) is 35.2 Å². The molecule has 0 saturated carbocycles. The van der Waals surface area contributed by atoms with Crippen LogP contribution in [-0.2, 0) is 31.4 Å². The molecule has 0 aliphatic carbocycles. The quantitative estimate of drug-likeness (QED) is 0.298. The number of hydrogen-bond donors (Lipinski definition) is 2. The number of carbonyl (C=O) groups is 1. The molecule has 4 aromatic rings. The molecule has 0 aromatic heterocycles. The van der Waals surface area contributed by atoms with E-state index < -0.39 is 38.0 Å². The monoisotopic (exact) mass is 606 g/mol. The van der Waals surface area contributed by atoms with E-state index in [0.29, 0.717) is 23.4 Å². The highest BCUT2D eigenvalue weighted by Gasteiger charge is 2.35. The smallest absolute Gasteiger partial charge is 0.241 e. The fraction of sp³-hybridized carbons (Fsp3) is 0.258. The number of fused-ring (bicyclic) bond motifs is 2. The second-order valence-electron chi connectivity index (χ2n) is 10.8. The highest BCUT2D eigenvalue weighted by atomic mass is 32.2. The van der Waals surface area contributed by atoms with Crippen molar-refractivity contribution in [2.24, 2.45) is 0 Å². The number of nitrogens with zero attached hydrogens (tertiary/aromatic N) is 2. The SMILES string of the molecule is CN(C)Cc1ccc2c(c1)N(C)S(=O)(=O)CC2NC(=O)CC(NS(=O)(=O)c1ccc2ccccc2c1)c1ccccc1. The molecule has 1 heterocycles. The van der Waals surface area contributed by atoms with Gasteiger partial charge in [-0.05, 0) is 59.8 Å². The largest absolute Gasteiger partial charge is 0.348 e. The standard InChI is InChI=1S/C31H34N4O5S2/c1-34(2)20-22-13-16-27-29(21-41(37,38)35(3)30(27)17-22)32-31(36)19-28(24-10-5-4-6-11-24)33-42(39,40)26-15-14-23-9-7-8-12-25(23)18-26/h4-18,28-29,33H,19-21H2,1-3H3,(H,32,36). The Kier molecular flexibility index (Phi) is 8.38. The molecule has 1 amide bonds. The summed E-state index contributed by atoms with van der Waals surface area (Å²) in [4.78, 5) is 15.5. The Labute approximate surface area is 247 Å². The summed E-state index contributed by atoms with van der Waals surface area (Å²) < 4.78 is 57.0. The number of rotatable bonds is 9. The molecule has 9 nitrogen and oxygen atoms in total. The van der Waals surface area contributed by atoms with Crippen LogP contribution in [0.25, 0.3) is 10.8 Å². The van der Waals surface area contributed by atoms with Gasteiger partial charge in [-0.3, -0.25) is 9.10 Å². The summed E-state index contributed by atoms with van der Waals surface area (Å²) in [5.41, 5.74) is 2.76. The summed E-state index contributed by atoms with van der Waals surface area (Å²) in [6, 6.07) is 25.2. The van der Waals surface area contributed by atoms with Crippen molar-refractivity contribution in [1.29, 1.82) is 0 Å². The zero-order valence-electron chi connectivity index (χ0n) is 23.7. The van der Waals surface area contributed by atoms with Gasteiger partial charge in [0.2, 0.25) is 26.0 Å². The van der Waals surface area contributed by atoms with Gasteiger partial charge in [0, 0.05) is 20.0 Å². The highest BCUT2D eigenvalue weighted by Crippen LogP contribution is 2.35. The van der Waals surface area contributed by atoms with Crippen LogP contribution in [-0.4, -0.2) is 54.5 Å². The maximum absolute atomic E-state index is 13.5. The number of nitrogens with one attached hydrogen (secondary N) is 2. The fourth-order valence-electron chi connectivity index (χ4n) is 5.24. The van der Waals surface area contributed by atoms with Crippen LogP contribution in [0.15, 0.2) is 95.9 Å². The van der Waals surface area contributed by atoms with E-state index in [-0.39, 0.29) is 17.1 Å². The van der Waals surface area contributed by atoms with Crippen molar-refractivity contribution in [3.05, 3.63) is 108 Å². The third kappa shape index (κ3) is 6.49. The van der Waals surface area contributed by atoms with Gasteiger partial charge in [0.15, 0.2) is 0 Å². The Morgan fingerprint density at radius 1 is 0.952 bits per heavy atom. The molecule has 2 N–H and O–H groups in total. The van der Waals surface area contributed by atoms with Crippen LogP contribution >= 0.6 is 0 Å². The van der Waals surface area contributed by atoms with E-state index in [0.717, 1.165) is 16.3 Å². The van der Waals surface area contributed by atoms with Crippen LogP contribution in [0, 0.1) is 0 Å². The van der Waals surface area contributed by atoms with Crippen molar-refractivity contribution >= 4 is 42.4 Å². The molecule has 0 spiro atoms. The van der Waals surface area contributed by atoms with Crippen molar-refractivity contribution in [2.45, 2.75) is 29.9 Å². The van der Waals surface area contributed by atoms with Gasteiger partial charge in [0.05, 0.1) is 28.4 Å². The Balaban J connectivity index is 1.40. The van der Waals surface area contributed by atoms with Gasteiger partial charge in [-0.15, -0.1) is 0 Å². The second kappa shape index (κ2) is 11.8. The van der Waals surface area contributed by atoms with Gasteiger partial charge in [-0.2, -0.15) is 0 Å². The Morgan fingerprint density at radius 3 is 2.36 bits per heavy atom. The highest BCUT2D eigenvalue weighted by molar-refractivity contribution is 7.92. The van der Waals surface area contributed by atoms with Crippen LogP contribution in [0.5, 0.6) is 0 Å². The van der Waals surface area contributed by atoms with Crippen LogP contribution in [0.3, 0.4) is 0 Å². The molecule has 11 heteroatoms. The Hall–Kier alpha value is -3.77. The number of sulfonamides is 2. The lowest BCUT2D eigenvalue weighted by Gasteiger charge is -2.34. The normalized spacial score (nSPS) is 17.1. The first kappa shape index (κ1) is 29.7. The molecular formula is C31H34N4O5S2. The minimum Gasteiger partial charge on any atom is -0.348 e. The van der Waals surface area contributed by atoms with E-state index in [1.54, 1.807) is 36.4 Å². The average Bonchev–Trinajstić information content (AvgIpc) is 2.95. The summed E-state index contributed by atoms with van der Waals surface area (Å²) in [7, 11) is -2.31. The van der Waals surface area contributed by atoms with Crippen molar-refractivity contribution in [1.82, 2.24) is 14.9 Å². The lowest BCUT2D eigenvalue weighted by molar-refractivity contribution is -0.122. The summed E-state index contributed by atoms with van der Waals surface area (Å²) in [5, 5.41) is 4.57. The molecule has 5 rings (SSSR count). The van der Waals surface area contributed by atoms with Gasteiger partial charge < -0.3 is 10.2 Å². The van der Waals surface area contributed by atoms with Crippen molar-refractivity contribution in [3.63, 3.8) is 0 Å². The van der Waals surface area contributed by atoms with E-state index in [1.165, 1.54) is 17.4 Å². The number of benzene rings is 4. The van der Waals surface area contributed by atoms with Crippen LogP contribution < -0.4 is 14.3 Å². The zero-order valence-corrected chi connectivity index (χ0v) is 25.3. The van der Waals surface area contributed by atoms with E-state index in [9.17, 15) is 21.6 Å². The second-order valence-corrected chi connectivity index (χ2v) is 14.6. The lowest BCUT2D eigenvalue weighted by atomic mass is 10.0. The van der Waals surface area contributed by atoms with E-state index in [4.69, 9.17) is 0 Å². The molecule has 220 valence electrons. The van der Waals surface area contributed by atoms with E-state index in [2.05, 4.69) is 10.0 Å². The molecule has 0 bridgehead atoms. The fourth-order valence-corrected chi connectivity index (χ4v) is 7.87.